The van der Waals surface area contributed by atoms with Gasteiger partial charge in [0.15, 0.2) is 0 Å². The van der Waals surface area contributed by atoms with Gasteiger partial charge in [-0.3, -0.25) is 9.59 Å². The molecule has 2 saturated carbocycles. The first-order chi connectivity index (χ1) is 15.0. The molecule has 7 heteroatoms. The lowest BCUT2D eigenvalue weighted by Crippen LogP contribution is -2.46. The lowest BCUT2D eigenvalue weighted by atomic mass is 9.64. The van der Waals surface area contributed by atoms with Gasteiger partial charge in [-0.15, -0.1) is 0 Å². The average Bonchev–Trinajstić information content (AvgIpc) is 2.86. The zero-order valence-electron chi connectivity index (χ0n) is 18.5. The van der Waals surface area contributed by atoms with E-state index in [1.807, 2.05) is 17.0 Å². The zero-order chi connectivity index (χ0) is 21.8. The summed E-state index contributed by atoms with van der Waals surface area (Å²) in [5.74, 6) is 1.72. The van der Waals surface area contributed by atoms with Crippen molar-refractivity contribution in [2.24, 2.45) is 22.1 Å². The van der Waals surface area contributed by atoms with Gasteiger partial charge < -0.3 is 9.64 Å². The van der Waals surface area contributed by atoms with Gasteiger partial charge in [-0.2, -0.15) is 4.36 Å². The molecular weight excluding hydrogens is 412 g/mol. The number of hydrogen-bond donors (Lipinski definition) is 0. The van der Waals surface area contributed by atoms with E-state index < -0.39 is 15.6 Å². The van der Waals surface area contributed by atoms with E-state index in [0.29, 0.717) is 49.3 Å². The van der Waals surface area contributed by atoms with Crippen molar-refractivity contribution in [3.8, 4) is 0 Å². The highest BCUT2D eigenvalue weighted by molar-refractivity contribution is 7.93. The topological polar surface area (TPSA) is 76.0 Å². The minimum atomic E-state index is -2.65. The molecule has 1 atom stereocenters. The van der Waals surface area contributed by atoms with E-state index in [1.165, 1.54) is 38.5 Å². The van der Waals surface area contributed by atoms with Gasteiger partial charge >= 0.3 is 0 Å². The molecule has 1 aliphatic heterocycles. The number of ether oxygens (including phenoxy) is 1. The van der Waals surface area contributed by atoms with Crippen LogP contribution in [0.1, 0.15) is 60.9 Å². The average molecular weight is 447 g/mol. The molecule has 0 bridgehead atoms. The van der Waals surface area contributed by atoms with E-state index in [4.69, 9.17) is 4.74 Å². The van der Waals surface area contributed by atoms with Gasteiger partial charge in [0.2, 0.25) is 5.91 Å². The van der Waals surface area contributed by atoms with Gasteiger partial charge in [-0.25, -0.2) is 4.21 Å². The van der Waals surface area contributed by atoms with Crippen LogP contribution in [0.2, 0.25) is 0 Å². The summed E-state index contributed by atoms with van der Waals surface area (Å²) in [6.45, 7) is 1.55. The molecule has 1 aromatic rings. The maximum atomic E-state index is 13.4. The molecule has 31 heavy (non-hydrogen) atoms. The predicted molar refractivity (Wildman–Crippen MR) is 121 cm³/mol. The molecule has 6 nitrogen and oxygen atoms in total. The van der Waals surface area contributed by atoms with E-state index in [-0.39, 0.29) is 17.6 Å². The standard InChI is InChI=1S/C24H34N2O4S/c1-30-17-18-9-11-21(12-10-18)23(27)25-31(29)15-4-13-26(14-16-31)24(28)22(19-5-2-6-19)20-7-3-8-20/h9-12,19-20,22H,2-8,13-17H2,1H3. The predicted octanol–water partition coefficient (Wildman–Crippen LogP) is 3.89. The number of carbonyl (C=O) groups excluding carboxylic acids is 2. The second kappa shape index (κ2) is 9.82. The summed E-state index contributed by atoms with van der Waals surface area (Å²) in [4.78, 5) is 27.9. The van der Waals surface area contributed by atoms with Crippen molar-refractivity contribution in [2.75, 3.05) is 31.7 Å². The third-order valence-corrected chi connectivity index (χ3v) is 9.49. The van der Waals surface area contributed by atoms with Gasteiger partial charge in [0.25, 0.3) is 5.91 Å². The third-order valence-electron chi connectivity index (χ3n) is 7.24. The molecule has 3 aliphatic rings. The number of hydrogen-bond acceptors (Lipinski definition) is 4. The van der Waals surface area contributed by atoms with E-state index in [9.17, 15) is 13.8 Å². The van der Waals surface area contributed by atoms with Crippen LogP contribution < -0.4 is 0 Å². The van der Waals surface area contributed by atoms with Crippen LogP contribution in [0.4, 0.5) is 0 Å². The third kappa shape index (κ3) is 5.20. The molecule has 170 valence electrons. The van der Waals surface area contributed by atoms with E-state index in [2.05, 4.69) is 4.36 Å². The summed E-state index contributed by atoms with van der Waals surface area (Å²) in [5, 5.41) is 0. The number of benzene rings is 1. The van der Waals surface area contributed by atoms with Crippen LogP contribution in [0.5, 0.6) is 0 Å². The van der Waals surface area contributed by atoms with Crippen molar-refractivity contribution in [3.05, 3.63) is 35.4 Å². The Labute approximate surface area is 185 Å². The highest BCUT2D eigenvalue weighted by atomic mass is 32.2. The maximum Gasteiger partial charge on any atom is 0.285 e. The SMILES string of the molecule is COCc1ccc(C(=O)N=S2(=O)CCCN(C(=O)C(C3CCC3)C3CCC3)CC2)cc1. The number of rotatable bonds is 6. The van der Waals surface area contributed by atoms with Crippen molar-refractivity contribution in [1.29, 1.82) is 0 Å². The Morgan fingerprint density at radius 3 is 2.23 bits per heavy atom. The van der Waals surface area contributed by atoms with Crippen LogP contribution in [0, 0.1) is 17.8 Å². The van der Waals surface area contributed by atoms with Crippen molar-refractivity contribution in [2.45, 2.75) is 51.6 Å². The quantitative estimate of drug-likeness (QED) is 0.664. The molecule has 1 saturated heterocycles. The fraction of sp³-hybridized carbons (Fsp3) is 0.667. The molecule has 0 aromatic heterocycles. The molecule has 1 heterocycles. The molecular formula is C24H34N2O4S. The van der Waals surface area contributed by atoms with Gasteiger partial charge in [0, 0.05) is 43.2 Å². The molecule has 0 N–H and O–H groups in total. The van der Waals surface area contributed by atoms with Crippen molar-refractivity contribution in [3.63, 3.8) is 0 Å². The minimum absolute atomic E-state index is 0.154. The lowest BCUT2D eigenvalue weighted by Gasteiger charge is -2.43. The molecule has 2 aliphatic carbocycles. The maximum absolute atomic E-state index is 13.4. The highest BCUT2D eigenvalue weighted by Gasteiger charge is 2.42. The van der Waals surface area contributed by atoms with Gasteiger partial charge in [-0.05, 0) is 61.6 Å². The van der Waals surface area contributed by atoms with Crippen LogP contribution in [0.15, 0.2) is 28.6 Å². The molecule has 0 radical (unpaired) electrons. The number of amides is 2. The van der Waals surface area contributed by atoms with E-state index >= 15 is 0 Å². The van der Waals surface area contributed by atoms with Crippen LogP contribution in [-0.4, -0.2) is 52.6 Å². The number of carbonyl (C=O) groups is 2. The number of methoxy groups -OCH3 is 1. The zero-order valence-corrected chi connectivity index (χ0v) is 19.3. The first-order valence-corrected chi connectivity index (χ1v) is 13.5. The Morgan fingerprint density at radius 1 is 1.03 bits per heavy atom. The highest BCUT2D eigenvalue weighted by Crippen LogP contribution is 2.45. The summed E-state index contributed by atoms with van der Waals surface area (Å²) in [6.07, 6.45) is 7.80. The molecule has 2 amide bonds. The summed E-state index contributed by atoms with van der Waals surface area (Å²) < 4.78 is 22.6. The van der Waals surface area contributed by atoms with Crippen molar-refractivity contribution < 1.29 is 18.5 Å². The van der Waals surface area contributed by atoms with Crippen LogP contribution in [0.3, 0.4) is 0 Å². The lowest BCUT2D eigenvalue weighted by molar-refractivity contribution is -0.142. The minimum Gasteiger partial charge on any atom is -0.380 e. The summed E-state index contributed by atoms with van der Waals surface area (Å²) in [5.41, 5.74) is 1.41. The Kier molecular flexibility index (Phi) is 7.12. The normalized spacial score (nSPS) is 24.9. The first-order valence-electron chi connectivity index (χ1n) is 11.6. The van der Waals surface area contributed by atoms with Crippen LogP contribution in [-0.2, 0) is 25.9 Å². The van der Waals surface area contributed by atoms with E-state index in [0.717, 1.165) is 5.56 Å². The Hall–Kier alpha value is -1.73. The summed E-state index contributed by atoms with van der Waals surface area (Å²) in [6, 6.07) is 7.07. The van der Waals surface area contributed by atoms with Crippen molar-refractivity contribution in [1.82, 2.24) is 4.90 Å². The van der Waals surface area contributed by atoms with Crippen LogP contribution >= 0.6 is 0 Å². The molecule has 3 fully saturated rings. The molecule has 1 unspecified atom stereocenters. The van der Waals surface area contributed by atoms with Gasteiger partial charge in [-0.1, -0.05) is 25.0 Å². The fourth-order valence-electron chi connectivity index (χ4n) is 4.97. The van der Waals surface area contributed by atoms with Gasteiger partial charge in [0.05, 0.1) is 16.3 Å². The Morgan fingerprint density at radius 2 is 1.68 bits per heavy atom. The van der Waals surface area contributed by atoms with Crippen LogP contribution in [0.25, 0.3) is 0 Å². The summed E-state index contributed by atoms with van der Waals surface area (Å²) in [7, 11) is -1.03. The smallest absolute Gasteiger partial charge is 0.285 e. The number of nitrogens with zero attached hydrogens (tertiary/aromatic N) is 2. The summed E-state index contributed by atoms with van der Waals surface area (Å²) >= 11 is 0. The Balaban J connectivity index is 1.42. The van der Waals surface area contributed by atoms with Crippen molar-refractivity contribution >= 4 is 21.5 Å². The first kappa shape index (κ1) is 22.5. The van der Waals surface area contributed by atoms with E-state index in [1.54, 1.807) is 19.2 Å². The monoisotopic (exact) mass is 446 g/mol. The molecule has 0 spiro atoms. The second-order valence-electron chi connectivity index (χ2n) is 9.29. The second-order valence-corrected chi connectivity index (χ2v) is 11.8. The largest absolute Gasteiger partial charge is 0.380 e. The fourth-order valence-corrected chi connectivity index (χ4v) is 6.85. The molecule has 4 rings (SSSR count). The van der Waals surface area contributed by atoms with Gasteiger partial charge in [0.1, 0.15) is 0 Å². The molecule has 1 aromatic carbocycles. The Bertz CT molecular complexity index is 898.